The highest BCUT2D eigenvalue weighted by atomic mass is 35.5. The molecule has 0 spiro atoms. The van der Waals surface area contributed by atoms with E-state index < -0.39 is 0 Å². The van der Waals surface area contributed by atoms with Crippen molar-refractivity contribution in [3.05, 3.63) is 76.7 Å². The minimum absolute atomic E-state index is 0.208. The van der Waals surface area contributed by atoms with E-state index in [0.29, 0.717) is 31.2 Å². The molecule has 2 aliphatic rings. The maximum absolute atomic E-state index is 13.1. The lowest BCUT2D eigenvalue weighted by Gasteiger charge is -2.35. The van der Waals surface area contributed by atoms with E-state index in [4.69, 9.17) is 25.8 Å². The van der Waals surface area contributed by atoms with E-state index in [1.165, 1.54) is 5.56 Å². The summed E-state index contributed by atoms with van der Waals surface area (Å²) in [5.41, 5.74) is 7.33. The summed E-state index contributed by atoms with van der Waals surface area (Å²) >= 11 is 6.30. The Hall–Kier alpha value is -3.40. The second-order valence-electron chi connectivity index (χ2n) is 9.13. The molecule has 9 nitrogen and oxygen atoms in total. The summed E-state index contributed by atoms with van der Waals surface area (Å²) in [5, 5.41) is 5.70. The molecule has 3 heterocycles. The predicted octanol–water partition coefficient (Wildman–Crippen LogP) is 4.46. The maximum atomic E-state index is 13.1. The molecule has 1 unspecified atom stereocenters. The van der Waals surface area contributed by atoms with E-state index in [-0.39, 0.29) is 18.7 Å². The number of hydrogen-bond donors (Lipinski definition) is 2. The number of H-pyrrole nitrogens is 1. The lowest BCUT2D eigenvalue weighted by molar-refractivity contribution is 0.0629. The summed E-state index contributed by atoms with van der Waals surface area (Å²) in [4.78, 5) is 18.4. The molecular formula is C27H32ClN5O4. The highest BCUT2D eigenvalue weighted by Crippen LogP contribution is 2.39. The average Bonchev–Trinajstić information content (AvgIpc) is 3.49. The Labute approximate surface area is 221 Å². The molecule has 196 valence electrons. The number of benzene rings is 2. The third-order valence-corrected chi connectivity index (χ3v) is 6.84. The van der Waals surface area contributed by atoms with Crippen molar-refractivity contribution in [2.75, 3.05) is 47.1 Å². The van der Waals surface area contributed by atoms with Gasteiger partial charge < -0.3 is 19.2 Å². The number of hydrazine groups is 2. The molecule has 0 saturated heterocycles. The van der Waals surface area contributed by atoms with Crippen LogP contribution in [0.1, 0.15) is 29.3 Å². The average molecular weight is 526 g/mol. The van der Waals surface area contributed by atoms with Crippen molar-refractivity contribution in [3.63, 3.8) is 0 Å². The fourth-order valence-corrected chi connectivity index (χ4v) is 5.02. The number of methoxy groups -OCH3 is 1. The molecule has 2 aromatic carbocycles. The topological polar surface area (TPSA) is 82.3 Å². The fraction of sp³-hybridized carbons (Fsp3) is 0.370. The number of fused-ring (bicyclic) bond motifs is 3. The second-order valence-corrected chi connectivity index (χ2v) is 9.57. The summed E-state index contributed by atoms with van der Waals surface area (Å²) in [6, 6.07) is 13.5. The summed E-state index contributed by atoms with van der Waals surface area (Å²) in [7, 11) is 3.54. The number of aromatic nitrogens is 1. The summed E-state index contributed by atoms with van der Waals surface area (Å²) in [6.07, 6.45) is 5.19. The van der Waals surface area contributed by atoms with Crippen LogP contribution in [0, 0.1) is 0 Å². The quantitative estimate of drug-likeness (QED) is 0.399. The molecule has 0 radical (unpaired) electrons. The van der Waals surface area contributed by atoms with Crippen LogP contribution in [-0.4, -0.2) is 73.1 Å². The van der Waals surface area contributed by atoms with Gasteiger partial charge in [-0.15, -0.1) is 5.53 Å². The van der Waals surface area contributed by atoms with Crippen LogP contribution in [0.15, 0.2) is 54.9 Å². The Balaban J connectivity index is 1.33. The lowest BCUT2D eigenvalue weighted by Crippen LogP contribution is -2.41. The number of halogens is 1. The van der Waals surface area contributed by atoms with E-state index in [0.717, 1.165) is 40.9 Å². The van der Waals surface area contributed by atoms with Gasteiger partial charge in [0.15, 0.2) is 0 Å². The van der Waals surface area contributed by atoms with Gasteiger partial charge in [0.25, 0.3) is 0 Å². The van der Waals surface area contributed by atoms with Gasteiger partial charge in [0.05, 0.1) is 13.2 Å². The normalized spacial score (nSPS) is 16.9. The van der Waals surface area contributed by atoms with Crippen LogP contribution in [0.5, 0.6) is 5.75 Å². The smallest absolute Gasteiger partial charge is 0.410 e. The highest BCUT2D eigenvalue weighted by Gasteiger charge is 2.35. The molecule has 2 aliphatic heterocycles. The van der Waals surface area contributed by atoms with Crippen LogP contribution in [-0.2, 0) is 15.9 Å². The molecule has 0 bridgehead atoms. The first-order valence-corrected chi connectivity index (χ1v) is 12.8. The minimum Gasteiger partial charge on any atom is -0.494 e. The van der Waals surface area contributed by atoms with Crippen molar-refractivity contribution in [1.29, 1.82) is 0 Å². The van der Waals surface area contributed by atoms with Crippen molar-refractivity contribution in [2.24, 2.45) is 0 Å². The third-order valence-electron chi connectivity index (χ3n) is 6.60. The van der Waals surface area contributed by atoms with E-state index in [1.54, 1.807) is 12.0 Å². The number of ether oxygens (including phenoxy) is 3. The Morgan fingerprint density at radius 1 is 1.11 bits per heavy atom. The zero-order valence-electron chi connectivity index (χ0n) is 21.1. The minimum atomic E-state index is -0.361. The molecule has 10 heteroatoms. The van der Waals surface area contributed by atoms with Crippen molar-refractivity contribution < 1.29 is 19.0 Å². The third kappa shape index (κ3) is 5.64. The van der Waals surface area contributed by atoms with Gasteiger partial charge in [0.1, 0.15) is 18.4 Å². The van der Waals surface area contributed by atoms with Crippen LogP contribution in [0.25, 0.3) is 10.9 Å². The Bertz CT molecular complexity index is 1260. The number of nitrogens with zero attached hydrogens (tertiary/aromatic N) is 3. The van der Waals surface area contributed by atoms with Crippen LogP contribution >= 0.6 is 11.6 Å². The van der Waals surface area contributed by atoms with Gasteiger partial charge >= 0.3 is 6.09 Å². The van der Waals surface area contributed by atoms with Crippen LogP contribution < -0.4 is 10.3 Å². The Kier molecular flexibility index (Phi) is 7.73. The van der Waals surface area contributed by atoms with Crippen molar-refractivity contribution in [1.82, 2.24) is 25.4 Å². The van der Waals surface area contributed by atoms with Gasteiger partial charge in [-0.25, -0.2) is 4.79 Å². The van der Waals surface area contributed by atoms with Crippen LogP contribution in [0.4, 0.5) is 4.79 Å². The molecule has 3 aromatic rings. The van der Waals surface area contributed by atoms with Crippen LogP contribution in [0.2, 0.25) is 5.02 Å². The lowest BCUT2D eigenvalue weighted by atomic mass is 9.92. The number of aromatic amines is 1. The maximum Gasteiger partial charge on any atom is 0.410 e. The molecule has 0 saturated carbocycles. The number of carbonyl (C=O) groups is 1. The van der Waals surface area contributed by atoms with Crippen molar-refractivity contribution in [2.45, 2.75) is 18.9 Å². The van der Waals surface area contributed by atoms with E-state index in [1.807, 2.05) is 71.9 Å². The Morgan fingerprint density at radius 2 is 1.95 bits per heavy atom. The summed E-state index contributed by atoms with van der Waals surface area (Å²) in [6.45, 7) is 2.54. The van der Waals surface area contributed by atoms with Gasteiger partial charge in [-0.2, -0.15) is 0 Å². The predicted molar refractivity (Wildman–Crippen MR) is 142 cm³/mol. The fourth-order valence-electron chi connectivity index (χ4n) is 4.84. The summed E-state index contributed by atoms with van der Waals surface area (Å²) < 4.78 is 16.5. The van der Waals surface area contributed by atoms with E-state index in [9.17, 15) is 4.79 Å². The zero-order valence-corrected chi connectivity index (χ0v) is 21.8. The molecule has 5 rings (SSSR count). The number of rotatable bonds is 9. The molecular weight excluding hydrogens is 494 g/mol. The molecule has 0 fully saturated rings. The van der Waals surface area contributed by atoms with Gasteiger partial charge in [0, 0.05) is 67.7 Å². The zero-order chi connectivity index (χ0) is 25.8. The molecule has 0 aliphatic carbocycles. The Morgan fingerprint density at radius 3 is 2.70 bits per heavy atom. The monoisotopic (exact) mass is 525 g/mol. The molecule has 2 N–H and O–H groups in total. The molecule has 1 amide bonds. The SMILES string of the molecule is COCCOC(=O)N1CCc2c([nH]c3ccc(Cl)cc23)C1c1ccc(OCCCN2C=CN(C)N2)cc1. The van der Waals surface area contributed by atoms with E-state index >= 15 is 0 Å². The summed E-state index contributed by atoms with van der Waals surface area (Å²) in [5.74, 6) is 0.791. The number of amides is 1. The standard InChI is InChI=1S/C27H32ClN5O4/c1-31-13-14-32(30-31)11-3-15-36-21-7-4-19(5-8-21)26-25-22(23-18-20(28)6-9-24(23)29-25)10-12-33(26)27(34)37-17-16-35-2/h4-9,13-14,18,26,29-30H,3,10-12,15-17H2,1-2H3. The first kappa shape index (κ1) is 25.3. The first-order chi connectivity index (χ1) is 18.0. The highest BCUT2D eigenvalue weighted by molar-refractivity contribution is 6.31. The van der Waals surface area contributed by atoms with Crippen molar-refractivity contribution in [3.8, 4) is 5.75 Å². The van der Waals surface area contributed by atoms with E-state index in [2.05, 4.69) is 10.5 Å². The van der Waals surface area contributed by atoms with Gasteiger partial charge in [-0.05, 0) is 47.9 Å². The number of carbonyl (C=O) groups excluding carboxylic acids is 1. The van der Waals surface area contributed by atoms with Crippen molar-refractivity contribution >= 4 is 28.6 Å². The van der Waals surface area contributed by atoms with Gasteiger partial charge in [-0.3, -0.25) is 14.9 Å². The van der Waals surface area contributed by atoms with Crippen LogP contribution in [0.3, 0.4) is 0 Å². The molecule has 1 atom stereocenters. The molecule has 1 aromatic heterocycles. The number of nitrogens with one attached hydrogen (secondary N) is 2. The second kappa shape index (κ2) is 11.3. The molecule has 37 heavy (non-hydrogen) atoms. The largest absolute Gasteiger partial charge is 0.494 e. The first-order valence-electron chi connectivity index (χ1n) is 12.4. The van der Waals surface area contributed by atoms with Gasteiger partial charge in [0.2, 0.25) is 0 Å². The number of hydrogen-bond acceptors (Lipinski definition) is 7. The van der Waals surface area contributed by atoms with Gasteiger partial charge in [-0.1, -0.05) is 23.7 Å².